The van der Waals surface area contributed by atoms with Crippen molar-refractivity contribution in [3.05, 3.63) is 30.2 Å². The van der Waals surface area contributed by atoms with Gasteiger partial charge in [0.1, 0.15) is 5.75 Å². The van der Waals surface area contributed by atoms with Crippen LogP contribution in [0.15, 0.2) is 28.8 Å². The summed E-state index contributed by atoms with van der Waals surface area (Å²) in [6, 6.07) is 7.58. The summed E-state index contributed by atoms with van der Waals surface area (Å²) in [7, 11) is 1.64. The smallest absolute Gasteiger partial charge is 0.236 e. The second kappa shape index (κ2) is 7.16. The summed E-state index contributed by atoms with van der Waals surface area (Å²) in [5.41, 5.74) is 6.36. The van der Waals surface area contributed by atoms with E-state index in [1.165, 1.54) is 0 Å². The van der Waals surface area contributed by atoms with Crippen LogP contribution < -0.4 is 10.5 Å². The summed E-state index contributed by atoms with van der Waals surface area (Å²) in [5, 5.41) is 3.98. The first-order valence-corrected chi connectivity index (χ1v) is 7.24. The zero-order chi connectivity index (χ0) is 13.5. The number of nitrogens with zero attached hydrogens (tertiary/aromatic N) is 2. The van der Waals surface area contributed by atoms with Crippen LogP contribution in [0, 0.1) is 0 Å². The van der Waals surface area contributed by atoms with Crippen molar-refractivity contribution in [1.82, 2.24) is 10.1 Å². The molecule has 0 amide bonds. The predicted molar refractivity (Wildman–Crippen MR) is 76.1 cm³/mol. The average Bonchev–Trinajstić information content (AvgIpc) is 2.92. The van der Waals surface area contributed by atoms with Crippen molar-refractivity contribution < 1.29 is 9.26 Å². The van der Waals surface area contributed by atoms with Crippen molar-refractivity contribution in [3.8, 4) is 17.1 Å². The number of rotatable bonds is 7. The number of thioether (sulfide) groups is 1. The zero-order valence-corrected chi connectivity index (χ0v) is 11.7. The fourth-order valence-corrected chi connectivity index (χ4v) is 2.32. The lowest BCUT2D eigenvalue weighted by Gasteiger charge is -1.98. The Hall–Kier alpha value is -1.53. The number of hydrogen-bond donors (Lipinski definition) is 1. The monoisotopic (exact) mass is 279 g/mol. The van der Waals surface area contributed by atoms with Gasteiger partial charge in [-0.1, -0.05) is 5.16 Å². The van der Waals surface area contributed by atoms with Gasteiger partial charge < -0.3 is 15.0 Å². The van der Waals surface area contributed by atoms with E-state index in [2.05, 4.69) is 10.1 Å². The summed E-state index contributed by atoms with van der Waals surface area (Å²) in [6.07, 6.45) is 1.00. The molecule has 0 atom stereocenters. The van der Waals surface area contributed by atoms with Crippen molar-refractivity contribution in [1.29, 1.82) is 0 Å². The molecule has 1 aromatic heterocycles. The van der Waals surface area contributed by atoms with Gasteiger partial charge in [0.15, 0.2) is 0 Å². The highest BCUT2D eigenvalue weighted by Gasteiger charge is 2.08. The van der Waals surface area contributed by atoms with E-state index in [4.69, 9.17) is 15.0 Å². The largest absolute Gasteiger partial charge is 0.497 e. The number of benzene rings is 1. The maximum absolute atomic E-state index is 5.44. The Bertz CT molecular complexity index is 499. The first-order chi connectivity index (χ1) is 9.33. The van der Waals surface area contributed by atoms with Crippen LogP contribution in [-0.2, 0) is 5.75 Å². The van der Waals surface area contributed by atoms with Crippen LogP contribution in [-0.4, -0.2) is 29.5 Å². The van der Waals surface area contributed by atoms with E-state index >= 15 is 0 Å². The summed E-state index contributed by atoms with van der Waals surface area (Å²) in [6.45, 7) is 0.716. The van der Waals surface area contributed by atoms with Gasteiger partial charge in [0.05, 0.1) is 12.9 Å². The minimum Gasteiger partial charge on any atom is -0.497 e. The molecule has 2 aromatic rings. The molecule has 2 rings (SSSR count). The third-order valence-corrected chi connectivity index (χ3v) is 3.56. The van der Waals surface area contributed by atoms with Crippen LogP contribution in [0.25, 0.3) is 11.4 Å². The van der Waals surface area contributed by atoms with Gasteiger partial charge in [-0.2, -0.15) is 16.7 Å². The first-order valence-electron chi connectivity index (χ1n) is 6.08. The molecule has 0 spiro atoms. The van der Waals surface area contributed by atoms with Crippen LogP contribution >= 0.6 is 11.8 Å². The molecule has 1 heterocycles. The zero-order valence-electron chi connectivity index (χ0n) is 10.8. The van der Waals surface area contributed by atoms with E-state index in [9.17, 15) is 0 Å². The van der Waals surface area contributed by atoms with E-state index in [1.54, 1.807) is 18.9 Å². The van der Waals surface area contributed by atoms with Gasteiger partial charge in [0, 0.05) is 5.56 Å². The van der Waals surface area contributed by atoms with Gasteiger partial charge >= 0.3 is 0 Å². The molecule has 1 aromatic carbocycles. The molecule has 102 valence electrons. The highest BCUT2D eigenvalue weighted by molar-refractivity contribution is 7.98. The van der Waals surface area contributed by atoms with Crippen LogP contribution in [0.2, 0.25) is 0 Å². The van der Waals surface area contributed by atoms with Crippen molar-refractivity contribution in [2.75, 3.05) is 19.4 Å². The third kappa shape index (κ3) is 3.97. The third-order valence-electron chi connectivity index (χ3n) is 2.53. The second-order valence-corrected chi connectivity index (χ2v) is 5.04. The molecule has 0 saturated carbocycles. The van der Waals surface area contributed by atoms with Gasteiger partial charge in [0.2, 0.25) is 11.7 Å². The fraction of sp³-hybridized carbons (Fsp3) is 0.385. The molecule has 6 heteroatoms. The molecule has 2 N–H and O–H groups in total. The topological polar surface area (TPSA) is 74.2 Å². The van der Waals surface area contributed by atoms with Gasteiger partial charge in [-0.25, -0.2) is 0 Å². The highest BCUT2D eigenvalue weighted by atomic mass is 32.2. The fourth-order valence-electron chi connectivity index (χ4n) is 1.52. The van der Waals surface area contributed by atoms with Crippen LogP contribution in [0.4, 0.5) is 0 Å². The van der Waals surface area contributed by atoms with Gasteiger partial charge in [-0.15, -0.1) is 0 Å². The molecule has 5 nitrogen and oxygen atoms in total. The quantitative estimate of drug-likeness (QED) is 0.784. The predicted octanol–water partition coefficient (Wildman–Crippen LogP) is 2.33. The summed E-state index contributed by atoms with van der Waals surface area (Å²) >= 11 is 1.75. The molecule has 0 aliphatic rings. The van der Waals surface area contributed by atoms with Crippen LogP contribution in [0.5, 0.6) is 5.75 Å². The lowest BCUT2D eigenvalue weighted by Crippen LogP contribution is -1.99. The molecule has 0 bridgehead atoms. The number of nitrogens with two attached hydrogens (primary N) is 1. The number of methoxy groups -OCH3 is 1. The first kappa shape index (κ1) is 13.9. The minimum atomic E-state index is 0.608. The molecule has 0 aliphatic heterocycles. The molecule has 0 radical (unpaired) electrons. The van der Waals surface area contributed by atoms with E-state index < -0.39 is 0 Å². The Morgan fingerprint density at radius 3 is 2.79 bits per heavy atom. The Morgan fingerprint density at radius 1 is 1.32 bits per heavy atom. The van der Waals surface area contributed by atoms with Gasteiger partial charge in [-0.3, -0.25) is 0 Å². The minimum absolute atomic E-state index is 0.608. The normalized spacial score (nSPS) is 10.6. The molecule has 0 unspecified atom stereocenters. The second-order valence-electron chi connectivity index (χ2n) is 3.94. The average molecular weight is 279 g/mol. The van der Waals surface area contributed by atoms with Crippen molar-refractivity contribution in [2.24, 2.45) is 5.73 Å². The van der Waals surface area contributed by atoms with Crippen molar-refractivity contribution in [2.45, 2.75) is 12.2 Å². The Balaban J connectivity index is 1.95. The van der Waals surface area contributed by atoms with Crippen molar-refractivity contribution in [3.63, 3.8) is 0 Å². The van der Waals surface area contributed by atoms with Crippen LogP contribution in [0.3, 0.4) is 0 Å². The molecule has 0 fully saturated rings. The van der Waals surface area contributed by atoms with E-state index in [0.29, 0.717) is 18.3 Å². The Labute approximate surface area is 116 Å². The SMILES string of the molecule is COc1ccc(-c2noc(CSCCCN)n2)cc1. The van der Waals surface area contributed by atoms with Crippen LogP contribution in [0.1, 0.15) is 12.3 Å². The van der Waals surface area contributed by atoms with E-state index in [1.807, 2.05) is 24.3 Å². The summed E-state index contributed by atoms with van der Waals surface area (Å²) < 4.78 is 10.3. The van der Waals surface area contributed by atoms with Crippen molar-refractivity contribution >= 4 is 11.8 Å². The lowest BCUT2D eigenvalue weighted by atomic mass is 10.2. The van der Waals surface area contributed by atoms with Gasteiger partial charge in [0.25, 0.3) is 0 Å². The molecular formula is C13H17N3O2S. The van der Waals surface area contributed by atoms with E-state index in [-0.39, 0.29) is 0 Å². The number of aromatic nitrogens is 2. The van der Waals surface area contributed by atoms with Gasteiger partial charge in [-0.05, 0) is 43.0 Å². The Kier molecular flexibility index (Phi) is 5.23. The van der Waals surface area contributed by atoms with E-state index in [0.717, 1.165) is 29.2 Å². The maximum atomic E-state index is 5.44. The Morgan fingerprint density at radius 2 is 2.11 bits per heavy atom. The number of ether oxygens (including phenoxy) is 1. The highest BCUT2D eigenvalue weighted by Crippen LogP contribution is 2.21. The molecule has 0 saturated heterocycles. The summed E-state index contributed by atoms with van der Waals surface area (Å²) in [4.78, 5) is 4.36. The standard InChI is InChI=1S/C13H17N3O2S/c1-17-11-5-3-10(4-6-11)13-15-12(18-16-13)9-19-8-2-7-14/h3-6H,2,7-9,14H2,1H3. The maximum Gasteiger partial charge on any atom is 0.236 e. The lowest BCUT2D eigenvalue weighted by molar-refractivity contribution is 0.391. The molecule has 19 heavy (non-hydrogen) atoms. The summed E-state index contributed by atoms with van der Waals surface area (Å²) in [5.74, 6) is 3.80. The molecular weight excluding hydrogens is 262 g/mol. The number of hydrogen-bond acceptors (Lipinski definition) is 6. The molecule has 0 aliphatic carbocycles.